The number of benzene rings is 3. The molecule has 0 spiro atoms. The zero-order valence-electron chi connectivity index (χ0n) is 24.9. The van der Waals surface area contributed by atoms with E-state index in [9.17, 15) is 9.18 Å². The van der Waals surface area contributed by atoms with Gasteiger partial charge in [0.1, 0.15) is 0 Å². The molecule has 0 saturated heterocycles. The van der Waals surface area contributed by atoms with Crippen LogP contribution >= 0.6 is 0 Å². The van der Waals surface area contributed by atoms with E-state index in [2.05, 4.69) is 33.0 Å². The largest absolute Gasteiger partial charge is 0.489 e. The van der Waals surface area contributed by atoms with Crippen LogP contribution in [-0.4, -0.2) is 42.4 Å². The van der Waals surface area contributed by atoms with Gasteiger partial charge in [0.25, 0.3) is 5.91 Å². The molecule has 1 aliphatic heterocycles. The van der Waals surface area contributed by atoms with Gasteiger partial charge in [0.2, 0.25) is 5.82 Å². The number of rotatable bonds is 9. The van der Waals surface area contributed by atoms with E-state index in [0.29, 0.717) is 36.2 Å². The number of likely N-dealkylation sites (N-methyl/N-ethyl adjacent to an activating group) is 1. The summed E-state index contributed by atoms with van der Waals surface area (Å²) < 4.78 is 37.8. The van der Waals surface area contributed by atoms with Crippen LogP contribution in [0.1, 0.15) is 60.9 Å². The number of amides is 1. The van der Waals surface area contributed by atoms with Crippen LogP contribution < -0.4 is 15.0 Å². The normalized spacial score (nSPS) is 13.9. The Hall–Kier alpha value is -3.78. The summed E-state index contributed by atoms with van der Waals surface area (Å²) in [5, 5.41) is 9.60. The molecule has 1 unspecified atom stereocenters. The Labute approximate surface area is 240 Å². The fourth-order valence-corrected chi connectivity index (χ4v) is 5.55. The number of nitrogens with one attached hydrogen (secondary N) is 1. The number of carbonyl (C=O) groups is 1. The second kappa shape index (κ2) is 10.9. The topological polar surface area (TPSA) is 59.4 Å². The number of carbonyl (C=O) groups excluding carboxylic acids is 1. The maximum Gasteiger partial charge on any atom is 0.259 e. The van der Waals surface area contributed by atoms with Crippen molar-refractivity contribution in [1.82, 2.24) is 15.1 Å². The quantitative estimate of drug-likeness (QED) is 0.245. The molecule has 6 nitrogen and oxygen atoms in total. The van der Waals surface area contributed by atoms with Crippen molar-refractivity contribution in [3.8, 4) is 16.9 Å². The van der Waals surface area contributed by atoms with E-state index in [1.54, 1.807) is 11.0 Å². The monoisotopic (exact) mass is 560 g/mol. The summed E-state index contributed by atoms with van der Waals surface area (Å²) in [6.45, 7) is 12.0. The van der Waals surface area contributed by atoms with Crippen molar-refractivity contribution in [3.63, 3.8) is 0 Å². The molecule has 1 aromatic heterocycles. The van der Waals surface area contributed by atoms with Gasteiger partial charge in [0, 0.05) is 54.7 Å². The highest BCUT2D eigenvalue weighted by molar-refractivity contribution is 6.25. The van der Waals surface area contributed by atoms with Gasteiger partial charge in [-0.05, 0) is 66.2 Å². The summed E-state index contributed by atoms with van der Waals surface area (Å²) in [5.41, 5.74) is 5.61. The van der Waals surface area contributed by atoms with Crippen molar-refractivity contribution < 1.29 is 18.3 Å². The Morgan fingerprint density at radius 2 is 1.85 bits per heavy atom. The van der Waals surface area contributed by atoms with Gasteiger partial charge in [-0.25, -0.2) is 4.39 Å². The first kappa shape index (κ1) is 28.7. The van der Waals surface area contributed by atoms with E-state index in [4.69, 9.17) is 9.84 Å². The number of hydrogen-bond acceptors (Lipinski definition) is 4. The van der Waals surface area contributed by atoms with Crippen LogP contribution in [-0.2, 0) is 13.5 Å². The Balaban J connectivity index is 1.51. The third-order valence-corrected chi connectivity index (χ3v) is 8.47. The first-order valence-electron chi connectivity index (χ1n) is 14.1. The molecular weight excluding hydrogens is 522 g/mol. The van der Waals surface area contributed by atoms with Gasteiger partial charge in [0.05, 0.1) is 18.0 Å². The van der Waals surface area contributed by atoms with Crippen LogP contribution in [0.2, 0.25) is 0 Å². The third kappa shape index (κ3) is 5.10. The molecule has 0 saturated carbocycles. The number of nitrogens with zero attached hydrogens (tertiary/aromatic N) is 3. The molecule has 4 aromatic rings. The molecule has 1 N–H and O–H groups in total. The lowest BCUT2D eigenvalue weighted by Gasteiger charge is -2.26. The second-order valence-corrected chi connectivity index (χ2v) is 12.0. The zero-order valence-corrected chi connectivity index (χ0v) is 24.9. The van der Waals surface area contributed by atoms with Gasteiger partial charge < -0.3 is 15.0 Å². The molecule has 41 heavy (non-hydrogen) atoms. The van der Waals surface area contributed by atoms with Gasteiger partial charge in [-0.15, -0.1) is 0 Å². The van der Waals surface area contributed by atoms with E-state index in [1.807, 2.05) is 56.0 Å². The van der Waals surface area contributed by atoms with Crippen LogP contribution in [0.3, 0.4) is 0 Å². The zero-order chi connectivity index (χ0) is 29.6. The Kier molecular flexibility index (Phi) is 7.64. The summed E-state index contributed by atoms with van der Waals surface area (Å²) in [6.07, 6.45) is 0.503. The van der Waals surface area contributed by atoms with Gasteiger partial charge in [-0.2, -0.15) is 9.49 Å². The van der Waals surface area contributed by atoms with Crippen molar-refractivity contribution in [1.29, 1.82) is 0 Å². The lowest BCUT2D eigenvalue weighted by molar-refractivity contribution is 0.0993. The van der Waals surface area contributed by atoms with Crippen LogP contribution in [0, 0.1) is 24.0 Å². The Bertz CT molecular complexity index is 1640. The van der Waals surface area contributed by atoms with Crippen LogP contribution in [0.25, 0.3) is 21.9 Å². The average Bonchev–Trinajstić information content (AvgIpc) is 3.37. The predicted octanol–water partition coefficient (Wildman–Crippen LogP) is 6.78. The summed E-state index contributed by atoms with van der Waals surface area (Å²) in [7, 11) is 3.76. The molecule has 0 radical (unpaired) electrons. The number of aryl methyl sites for hydroxylation is 1. The lowest BCUT2D eigenvalue weighted by atomic mass is 9.78. The fraction of sp³-hybridized carbons (Fsp3) is 0.394. The molecule has 0 bridgehead atoms. The van der Waals surface area contributed by atoms with Crippen molar-refractivity contribution >= 4 is 22.4 Å². The minimum absolute atomic E-state index is 0.0120. The first-order chi connectivity index (χ1) is 19.4. The summed E-state index contributed by atoms with van der Waals surface area (Å²) in [6, 6.07) is 12.1. The molecule has 216 valence electrons. The molecule has 2 heterocycles. The third-order valence-electron chi connectivity index (χ3n) is 8.47. The van der Waals surface area contributed by atoms with E-state index >= 15 is 4.39 Å². The first-order valence-corrected chi connectivity index (χ1v) is 14.1. The van der Waals surface area contributed by atoms with Crippen molar-refractivity contribution in [2.45, 2.75) is 47.0 Å². The predicted molar refractivity (Wildman–Crippen MR) is 160 cm³/mol. The molecule has 0 fully saturated rings. The molecule has 1 amide bonds. The lowest BCUT2D eigenvalue weighted by Crippen LogP contribution is -2.33. The average molecular weight is 561 g/mol. The van der Waals surface area contributed by atoms with Gasteiger partial charge in [-0.3, -0.25) is 9.48 Å². The van der Waals surface area contributed by atoms with Crippen molar-refractivity contribution in [2.75, 3.05) is 31.6 Å². The highest BCUT2D eigenvalue weighted by Crippen LogP contribution is 2.43. The molecule has 8 heteroatoms. The number of anilines is 1. The molecule has 3 aromatic carbocycles. The Morgan fingerprint density at radius 1 is 1.10 bits per heavy atom. The standard InChI is InChI=1S/C33H38F2N4O2/c1-19(33(3,4)5)30-23(20(2)38(7)37-30)13-16-41-31-24(11-12-26(34)29(31)35)22-17-21-9-8-10-25-28(21)27(18-22)39(32(25)40)15-14-36-6/h8-12,17-19,36H,13-16H2,1-7H3. The maximum atomic E-state index is 15.3. The van der Waals surface area contributed by atoms with E-state index in [0.717, 1.165) is 39.5 Å². The molecule has 1 atom stereocenters. The van der Waals surface area contributed by atoms with E-state index < -0.39 is 11.6 Å². The maximum absolute atomic E-state index is 15.3. The van der Waals surface area contributed by atoms with Gasteiger partial charge in [0.15, 0.2) is 11.6 Å². The van der Waals surface area contributed by atoms with Crippen LogP contribution in [0.5, 0.6) is 5.75 Å². The number of hydrogen-bond donors (Lipinski definition) is 1. The molecule has 5 rings (SSSR count). The van der Waals surface area contributed by atoms with E-state index in [-0.39, 0.29) is 29.6 Å². The minimum Gasteiger partial charge on any atom is -0.489 e. The number of ether oxygens (including phenoxy) is 1. The van der Waals surface area contributed by atoms with Crippen molar-refractivity contribution in [3.05, 3.63) is 76.6 Å². The fourth-order valence-electron chi connectivity index (χ4n) is 5.55. The highest BCUT2D eigenvalue weighted by atomic mass is 19.2. The molecule has 1 aliphatic rings. The highest BCUT2D eigenvalue weighted by Gasteiger charge is 2.31. The van der Waals surface area contributed by atoms with Gasteiger partial charge in [-0.1, -0.05) is 39.8 Å². The summed E-state index contributed by atoms with van der Waals surface area (Å²) in [4.78, 5) is 14.9. The smallest absolute Gasteiger partial charge is 0.259 e. The SMILES string of the molecule is CNCCN1C(=O)c2cccc3cc(-c4ccc(F)c(F)c4OCCc4c(C(C)C(C)(C)C)nn(C)c4C)cc1c23. The van der Waals surface area contributed by atoms with Crippen molar-refractivity contribution in [2.24, 2.45) is 12.5 Å². The van der Waals surface area contributed by atoms with E-state index in [1.165, 1.54) is 0 Å². The summed E-state index contributed by atoms with van der Waals surface area (Å²) >= 11 is 0. The van der Waals surface area contributed by atoms with Gasteiger partial charge >= 0.3 is 0 Å². The number of aromatic nitrogens is 2. The summed E-state index contributed by atoms with van der Waals surface area (Å²) in [5.74, 6) is -2.00. The Morgan fingerprint density at radius 3 is 2.56 bits per heavy atom. The minimum atomic E-state index is -1.03. The number of halogens is 2. The van der Waals surface area contributed by atoms with Crippen LogP contribution in [0.4, 0.5) is 14.5 Å². The second-order valence-electron chi connectivity index (χ2n) is 12.0. The van der Waals surface area contributed by atoms with Crippen LogP contribution in [0.15, 0.2) is 42.5 Å². The molecular formula is C33H38F2N4O2. The molecule has 0 aliphatic carbocycles.